The lowest BCUT2D eigenvalue weighted by atomic mass is 9.87. The monoisotopic (exact) mass is 81.1 g/mol. The maximum Gasteiger partial charge on any atom is 0.0497 e. The minimum absolute atomic E-state index is 0.889. The molecule has 3 rings (SSSR count). The van der Waals surface area contributed by atoms with Crippen molar-refractivity contribution in [2.24, 2.45) is 0 Å². The number of rotatable bonds is 0. The molecule has 1 spiro atoms. The third kappa shape index (κ3) is 0.0658. The third-order valence-corrected chi connectivity index (χ3v) is 2.69. The van der Waals surface area contributed by atoms with Crippen LogP contribution in [0.4, 0.5) is 0 Å². The average Bonchev–Trinajstić information content (AvgIpc) is 2.22. The molecular formula is C5H7N. The Morgan fingerprint density at radius 2 is 2.50 bits per heavy atom. The quantitative estimate of drug-likeness (QED) is 0.377. The number of nitrogens with zero attached hydrogens (tertiary/aromatic N) is 1. The second kappa shape index (κ2) is 0.348. The Balaban J connectivity index is 2.20. The van der Waals surface area contributed by atoms with Crippen molar-refractivity contribution in [2.75, 3.05) is 6.54 Å². The topological polar surface area (TPSA) is 3.01 Å². The van der Waals surface area contributed by atoms with Gasteiger partial charge in [0.25, 0.3) is 0 Å². The summed E-state index contributed by atoms with van der Waals surface area (Å²) >= 11 is 0. The predicted molar refractivity (Wildman–Crippen MR) is 22.5 cm³/mol. The Morgan fingerprint density at radius 3 is 2.50 bits per heavy atom. The fourth-order valence-corrected chi connectivity index (χ4v) is 1.86. The van der Waals surface area contributed by atoms with Gasteiger partial charge in [0.1, 0.15) is 0 Å². The molecule has 0 bridgehead atoms. The van der Waals surface area contributed by atoms with Gasteiger partial charge in [-0.1, -0.05) is 0 Å². The molecule has 0 aromatic rings. The molecule has 0 N–H and O–H groups in total. The molecule has 2 aliphatic heterocycles. The lowest BCUT2D eigenvalue weighted by molar-refractivity contribution is 0.452. The molecule has 0 aromatic carbocycles. The van der Waals surface area contributed by atoms with Crippen molar-refractivity contribution >= 4 is 0 Å². The van der Waals surface area contributed by atoms with Crippen LogP contribution < -0.4 is 0 Å². The zero-order valence-corrected chi connectivity index (χ0v) is 3.65. The summed E-state index contributed by atoms with van der Waals surface area (Å²) in [5, 5.41) is 0. The van der Waals surface area contributed by atoms with E-state index < -0.39 is 0 Å². The van der Waals surface area contributed by atoms with Crippen LogP contribution in [-0.2, 0) is 0 Å². The second-order valence-electron chi connectivity index (χ2n) is 2.79. The first-order valence-corrected chi connectivity index (χ1v) is 2.70. The van der Waals surface area contributed by atoms with Crippen molar-refractivity contribution in [1.29, 1.82) is 0 Å². The van der Waals surface area contributed by atoms with Gasteiger partial charge >= 0.3 is 0 Å². The zero-order valence-electron chi connectivity index (χ0n) is 3.65. The van der Waals surface area contributed by atoms with E-state index in [0.717, 1.165) is 11.6 Å². The van der Waals surface area contributed by atoms with Gasteiger partial charge < -0.3 is 0 Å². The van der Waals surface area contributed by atoms with E-state index in [-0.39, 0.29) is 0 Å². The molecule has 0 aromatic heterocycles. The summed E-state index contributed by atoms with van der Waals surface area (Å²) in [4.78, 5) is 2.59. The molecule has 6 heavy (non-hydrogen) atoms. The first-order valence-electron chi connectivity index (χ1n) is 2.70. The van der Waals surface area contributed by atoms with E-state index in [2.05, 4.69) is 4.90 Å². The fourth-order valence-electron chi connectivity index (χ4n) is 1.86. The number of hydrogen-bond donors (Lipinski definition) is 0. The van der Waals surface area contributed by atoms with E-state index in [1.165, 1.54) is 19.4 Å². The second-order valence-corrected chi connectivity index (χ2v) is 2.79. The van der Waals surface area contributed by atoms with Crippen LogP contribution in [0.2, 0.25) is 0 Å². The van der Waals surface area contributed by atoms with Gasteiger partial charge in [-0.15, -0.1) is 0 Å². The van der Waals surface area contributed by atoms with Crippen molar-refractivity contribution < 1.29 is 0 Å². The molecule has 2 saturated heterocycles. The summed E-state index contributed by atoms with van der Waals surface area (Å²) in [5.41, 5.74) is 0.889. The van der Waals surface area contributed by atoms with Crippen molar-refractivity contribution in [2.45, 2.75) is 24.4 Å². The Morgan fingerprint density at radius 1 is 1.67 bits per heavy atom. The minimum atomic E-state index is 0.889. The van der Waals surface area contributed by atoms with Crippen molar-refractivity contribution in [1.82, 2.24) is 4.90 Å². The molecular weight excluding hydrogens is 74.1 g/mol. The molecule has 32 valence electrons. The first-order chi connectivity index (χ1) is 2.93. The van der Waals surface area contributed by atoms with Gasteiger partial charge in [0.15, 0.2) is 0 Å². The molecule has 1 nitrogen and oxygen atoms in total. The standard InChI is InChI=1S/C5H7N/c1-2-5-3-6(5)4(1)5/h4H,1-3H2/t4?,5-,6?/m0/s1. The van der Waals surface area contributed by atoms with Crippen LogP contribution in [0.25, 0.3) is 0 Å². The van der Waals surface area contributed by atoms with Crippen molar-refractivity contribution in [3.63, 3.8) is 0 Å². The van der Waals surface area contributed by atoms with Gasteiger partial charge in [0, 0.05) is 18.1 Å². The van der Waals surface area contributed by atoms with E-state index in [1.54, 1.807) is 0 Å². The van der Waals surface area contributed by atoms with Crippen LogP contribution in [0.5, 0.6) is 0 Å². The first kappa shape index (κ1) is 2.31. The Labute approximate surface area is 36.9 Å². The van der Waals surface area contributed by atoms with Gasteiger partial charge in [0.05, 0.1) is 0 Å². The molecule has 1 aliphatic carbocycles. The number of piperidine rings is 1. The van der Waals surface area contributed by atoms with Crippen LogP contribution in [-0.4, -0.2) is 23.0 Å². The third-order valence-electron chi connectivity index (χ3n) is 2.69. The van der Waals surface area contributed by atoms with Crippen molar-refractivity contribution in [3.05, 3.63) is 0 Å². The lowest BCUT2D eigenvalue weighted by Gasteiger charge is -2.15. The maximum atomic E-state index is 2.59. The predicted octanol–water partition coefficient (Wildman–Crippen LogP) is 0.217. The summed E-state index contributed by atoms with van der Waals surface area (Å²) in [6, 6.07) is 1.11. The highest BCUT2D eigenvalue weighted by atomic mass is 15.6. The van der Waals surface area contributed by atoms with Gasteiger partial charge in [0.2, 0.25) is 0 Å². The summed E-state index contributed by atoms with van der Waals surface area (Å²) < 4.78 is 0. The van der Waals surface area contributed by atoms with Gasteiger partial charge in [-0.3, -0.25) is 4.90 Å². The van der Waals surface area contributed by atoms with E-state index in [4.69, 9.17) is 0 Å². The van der Waals surface area contributed by atoms with Crippen LogP contribution in [0.1, 0.15) is 12.8 Å². The van der Waals surface area contributed by atoms with Crippen LogP contribution >= 0.6 is 0 Å². The Kier molecular flexibility index (Phi) is 0.134. The largest absolute Gasteiger partial charge is 0.288 e. The Hall–Kier alpha value is -0.0400. The molecule has 3 fully saturated rings. The molecule has 2 unspecified atom stereocenters. The van der Waals surface area contributed by atoms with E-state index >= 15 is 0 Å². The summed E-state index contributed by atoms with van der Waals surface area (Å²) in [5.74, 6) is 0. The summed E-state index contributed by atoms with van der Waals surface area (Å²) in [7, 11) is 0. The molecule has 3 aliphatic rings. The molecule has 2 heterocycles. The van der Waals surface area contributed by atoms with Gasteiger partial charge in [-0.25, -0.2) is 0 Å². The highest BCUT2D eigenvalue weighted by molar-refractivity contribution is 5.38. The summed E-state index contributed by atoms with van der Waals surface area (Å²) in [6.45, 7) is 1.46. The normalized spacial score (nSPS) is 80.0. The minimum Gasteiger partial charge on any atom is -0.288 e. The van der Waals surface area contributed by atoms with Gasteiger partial charge in [-0.05, 0) is 12.8 Å². The molecule has 3 atom stereocenters. The van der Waals surface area contributed by atoms with Crippen LogP contribution in [0.3, 0.4) is 0 Å². The highest BCUT2D eigenvalue weighted by Crippen LogP contribution is 2.69. The van der Waals surface area contributed by atoms with E-state index in [0.29, 0.717) is 0 Å². The smallest absolute Gasteiger partial charge is 0.0497 e. The van der Waals surface area contributed by atoms with Crippen LogP contribution in [0, 0.1) is 0 Å². The molecule has 0 amide bonds. The van der Waals surface area contributed by atoms with Gasteiger partial charge in [-0.2, -0.15) is 0 Å². The fraction of sp³-hybridized carbons (Fsp3) is 1.00. The molecule has 1 heteroatoms. The Bertz CT molecular complexity index is 111. The number of hydrogen-bond acceptors (Lipinski definition) is 1. The zero-order chi connectivity index (χ0) is 3.78. The lowest BCUT2D eigenvalue weighted by Crippen LogP contribution is -2.25. The molecule has 1 saturated carbocycles. The van der Waals surface area contributed by atoms with E-state index in [9.17, 15) is 0 Å². The highest BCUT2D eigenvalue weighted by Gasteiger charge is 2.81. The molecule has 0 radical (unpaired) electrons. The van der Waals surface area contributed by atoms with Crippen LogP contribution in [0.15, 0.2) is 0 Å². The van der Waals surface area contributed by atoms with E-state index in [1.807, 2.05) is 0 Å². The number of fused-ring (bicyclic) bond motifs is 1. The SMILES string of the molecule is C1C[C@@]23CN2C13. The average molecular weight is 81.1 g/mol. The maximum absolute atomic E-state index is 2.59. The summed E-state index contributed by atoms with van der Waals surface area (Å²) in [6.07, 6.45) is 3.04. The van der Waals surface area contributed by atoms with Crippen molar-refractivity contribution in [3.8, 4) is 0 Å².